The summed E-state index contributed by atoms with van der Waals surface area (Å²) in [6, 6.07) is 9.00. The maximum absolute atomic E-state index is 13.5. The molecule has 0 saturated carbocycles. The quantitative estimate of drug-likeness (QED) is 0.324. The van der Waals surface area contributed by atoms with Gasteiger partial charge in [-0.3, -0.25) is 9.58 Å². The third kappa shape index (κ3) is 5.30. The molecule has 1 fully saturated rings. The van der Waals surface area contributed by atoms with Gasteiger partial charge in [0.25, 0.3) is 0 Å². The first kappa shape index (κ1) is 27.3. The van der Waals surface area contributed by atoms with Crippen LogP contribution in [0.3, 0.4) is 0 Å². The molecule has 1 aliphatic rings. The average molecular weight is 565 g/mol. The van der Waals surface area contributed by atoms with Gasteiger partial charge >= 0.3 is 6.18 Å². The third-order valence-corrected chi connectivity index (χ3v) is 9.04. The van der Waals surface area contributed by atoms with E-state index in [2.05, 4.69) is 10.2 Å². The Hall–Kier alpha value is -3.29. The molecule has 0 bridgehead atoms. The van der Waals surface area contributed by atoms with E-state index in [4.69, 9.17) is 0 Å². The van der Waals surface area contributed by atoms with Gasteiger partial charge in [-0.05, 0) is 54.4 Å². The highest BCUT2D eigenvalue weighted by Crippen LogP contribution is 2.36. The molecule has 0 amide bonds. The Morgan fingerprint density at radius 1 is 1.08 bits per heavy atom. The Kier molecular flexibility index (Phi) is 7.02. The molecule has 0 N–H and O–H groups in total. The zero-order valence-electron chi connectivity index (χ0n) is 21.6. The smallest absolute Gasteiger partial charge is 0.293 e. The van der Waals surface area contributed by atoms with Gasteiger partial charge < -0.3 is 0 Å². The van der Waals surface area contributed by atoms with E-state index in [0.29, 0.717) is 5.69 Å². The fraction of sp³-hybridized carbons (Fsp3) is 0.385. The number of sulfonamides is 1. The van der Waals surface area contributed by atoms with Crippen LogP contribution in [-0.4, -0.2) is 69.5 Å². The Labute approximate surface area is 223 Å². The molecular weight excluding hydrogens is 536 g/mol. The van der Waals surface area contributed by atoms with Crippen molar-refractivity contribution in [1.82, 2.24) is 28.8 Å². The summed E-state index contributed by atoms with van der Waals surface area (Å²) in [5.41, 5.74) is 2.91. The number of aryl methyl sites for hydroxylation is 2. The highest BCUT2D eigenvalue weighted by Gasteiger charge is 2.41. The van der Waals surface area contributed by atoms with Crippen LogP contribution >= 0.6 is 0 Å². The average Bonchev–Trinajstić information content (AvgIpc) is 3.50. The fourth-order valence-corrected chi connectivity index (χ4v) is 6.43. The highest BCUT2D eigenvalue weighted by atomic mass is 32.2. The molecule has 208 valence electrons. The number of benzene rings is 2. The molecule has 2 atom stereocenters. The van der Waals surface area contributed by atoms with Crippen molar-refractivity contribution in [3.8, 4) is 5.69 Å². The van der Waals surface area contributed by atoms with Gasteiger partial charge in [0.2, 0.25) is 10.0 Å². The molecule has 1 saturated heterocycles. The zero-order valence-corrected chi connectivity index (χ0v) is 22.4. The van der Waals surface area contributed by atoms with E-state index >= 15 is 0 Å². The lowest BCUT2D eigenvalue weighted by molar-refractivity contribution is -0.176. The van der Waals surface area contributed by atoms with Crippen molar-refractivity contribution in [2.24, 2.45) is 13.0 Å². The first-order valence-electron chi connectivity index (χ1n) is 12.4. The third-order valence-electron chi connectivity index (χ3n) is 7.23. The molecular formula is C26H28F4N6O2S. The number of fused-ring (bicyclic) bond motifs is 1. The fourth-order valence-electron chi connectivity index (χ4n) is 5.01. The zero-order chi connectivity index (χ0) is 28.1. The van der Waals surface area contributed by atoms with Gasteiger partial charge in [-0.1, -0.05) is 6.92 Å². The lowest BCUT2D eigenvalue weighted by atomic mass is 9.95. The second kappa shape index (κ2) is 10.0. The van der Waals surface area contributed by atoms with Crippen molar-refractivity contribution < 1.29 is 26.0 Å². The van der Waals surface area contributed by atoms with E-state index in [1.165, 1.54) is 33.5 Å². The molecule has 4 aromatic rings. The number of halogens is 4. The Bertz CT molecular complexity index is 1600. The number of hydrogen-bond acceptors (Lipinski definition) is 5. The molecule has 0 aliphatic carbocycles. The van der Waals surface area contributed by atoms with Gasteiger partial charge in [-0.2, -0.15) is 27.7 Å². The molecule has 1 aliphatic heterocycles. The summed E-state index contributed by atoms with van der Waals surface area (Å²) in [7, 11) is -2.29. The number of hydrogen-bond donors (Lipinski definition) is 0. The minimum atomic E-state index is -4.38. The molecule has 2 aromatic carbocycles. The van der Waals surface area contributed by atoms with Gasteiger partial charge in [0, 0.05) is 50.9 Å². The summed E-state index contributed by atoms with van der Waals surface area (Å²) in [6.07, 6.45) is -0.0662. The van der Waals surface area contributed by atoms with Gasteiger partial charge in [0.15, 0.2) is 0 Å². The number of nitrogens with zero attached hydrogens (tertiary/aromatic N) is 6. The van der Waals surface area contributed by atoms with Crippen molar-refractivity contribution in [2.75, 3.05) is 26.2 Å². The lowest BCUT2D eigenvalue weighted by Gasteiger charge is -2.42. The van der Waals surface area contributed by atoms with Crippen LogP contribution in [0.5, 0.6) is 0 Å². The molecule has 8 nitrogen and oxygen atoms in total. The largest absolute Gasteiger partial charge is 0.392 e. The molecule has 13 heteroatoms. The molecule has 0 radical (unpaired) electrons. The first-order chi connectivity index (χ1) is 18.3. The molecule has 2 aromatic heterocycles. The molecule has 0 spiro atoms. The second-order valence-electron chi connectivity index (χ2n) is 9.97. The van der Waals surface area contributed by atoms with Crippen LogP contribution in [-0.2, 0) is 17.1 Å². The van der Waals surface area contributed by atoms with Crippen LogP contribution in [0.2, 0.25) is 0 Å². The Balaban J connectivity index is 1.54. The maximum atomic E-state index is 13.5. The number of rotatable bonds is 6. The first-order valence-corrected chi connectivity index (χ1v) is 13.8. The van der Waals surface area contributed by atoms with Crippen molar-refractivity contribution in [1.29, 1.82) is 0 Å². The summed E-state index contributed by atoms with van der Waals surface area (Å²) >= 11 is 0. The predicted octanol–water partition coefficient (Wildman–Crippen LogP) is 4.45. The van der Waals surface area contributed by atoms with Gasteiger partial charge in [-0.15, -0.1) is 0 Å². The summed E-state index contributed by atoms with van der Waals surface area (Å²) in [5.74, 6) is -1.96. The minimum absolute atomic E-state index is 0.0136. The minimum Gasteiger partial charge on any atom is -0.293 e. The van der Waals surface area contributed by atoms with E-state index in [1.54, 1.807) is 35.0 Å². The lowest BCUT2D eigenvalue weighted by Crippen LogP contribution is -2.52. The molecule has 5 rings (SSSR count). The van der Waals surface area contributed by atoms with Crippen LogP contribution in [0.15, 0.2) is 59.9 Å². The van der Waals surface area contributed by atoms with E-state index in [0.717, 1.165) is 29.0 Å². The summed E-state index contributed by atoms with van der Waals surface area (Å²) in [6.45, 7) is 2.90. The number of aromatic nitrogens is 4. The highest BCUT2D eigenvalue weighted by molar-refractivity contribution is 7.89. The summed E-state index contributed by atoms with van der Waals surface area (Å²) in [5, 5.41) is 9.13. The monoisotopic (exact) mass is 564 g/mol. The van der Waals surface area contributed by atoms with Crippen LogP contribution < -0.4 is 0 Å². The van der Waals surface area contributed by atoms with Crippen LogP contribution in [0, 0.1) is 18.7 Å². The van der Waals surface area contributed by atoms with E-state index < -0.39 is 28.2 Å². The Morgan fingerprint density at radius 3 is 2.44 bits per heavy atom. The van der Waals surface area contributed by atoms with Gasteiger partial charge in [0.05, 0.1) is 29.5 Å². The molecule has 3 heterocycles. The Morgan fingerprint density at radius 2 is 1.79 bits per heavy atom. The summed E-state index contributed by atoms with van der Waals surface area (Å²) in [4.78, 5) is 1.75. The van der Waals surface area contributed by atoms with Crippen molar-refractivity contribution in [2.45, 2.75) is 31.0 Å². The van der Waals surface area contributed by atoms with E-state index in [-0.39, 0.29) is 36.9 Å². The van der Waals surface area contributed by atoms with Gasteiger partial charge in [0.1, 0.15) is 10.7 Å². The SMILES string of the molecule is Cc1cc2c(cnn2-c2ccc(F)cc2)cc1C1CN(S(=O)(=O)c2cnn(C)c2)CCN1CC(C)C(F)(F)F. The second-order valence-corrected chi connectivity index (χ2v) is 11.9. The topological polar surface area (TPSA) is 76.3 Å². The normalized spacial score (nSPS) is 18.6. The van der Waals surface area contributed by atoms with E-state index in [9.17, 15) is 26.0 Å². The molecule has 2 unspecified atom stereocenters. The standard InChI is InChI=1S/C26H28F4N6O2S/c1-17-10-24-19(12-32-36(24)21-6-4-20(27)5-7-21)11-23(17)25-16-35(39(37,38)22-13-31-33(3)15-22)9-8-34(25)14-18(2)26(28,29)30/h4-7,10-13,15,18,25H,8-9,14,16H2,1-3H3. The van der Waals surface area contributed by atoms with Gasteiger partial charge in [-0.25, -0.2) is 17.5 Å². The number of alkyl halides is 3. The van der Waals surface area contributed by atoms with Crippen LogP contribution in [0.25, 0.3) is 16.6 Å². The number of piperazine rings is 1. The van der Waals surface area contributed by atoms with Crippen molar-refractivity contribution >= 4 is 20.9 Å². The van der Waals surface area contributed by atoms with Crippen molar-refractivity contribution in [3.05, 3.63) is 71.9 Å². The van der Waals surface area contributed by atoms with E-state index in [1.807, 2.05) is 19.1 Å². The molecule has 39 heavy (non-hydrogen) atoms. The van der Waals surface area contributed by atoms with Crippen molar-refractivity contribution in [3.63, 3.8) is 0 Å². The van der Waals surface area contributed by atoms with Crippen LogP contribution in [0.4, 0.5) is 17.6 Å². The van der Waals surface area contributed by atoms with Crippen LogP contribution in [0.1, 0.15) is 24.1 Å². The summed E-state index contributed by atoms with van der Waals surface area (Å²) < 4.78 is 85.1. The predicted molar refractivity (Wildman–Crippen MR) is 137 cm³/mol. The maximum Gasteiger partial charge on any atom is 0.392 e.